The molecule has 0 bridgehead atoms. The number of carbonyl (C=O) groups excluding carboxylic acids is 1. The molecule has 2 N–H and O–H groups in total. The largest absolute Gasteiger partial charge is 0.399 e. The molecule has 1 aromatic carbocycles. The van der Waals surface area contributed by atoms with Crippen LogP contribution in [-0.4, -0.2) is 15.6 Å². The monoisotopic (exact) mass is 263 g/mol. The van der Waals surface area contributed by atoms with E-state index in [1.54, 1.807) is 28.9 Å². The van der Waals surface area contributed by atoms with E-state index < -0.39 is 0 Å². The van der Waals surface area contributed by atoms with Crippen LogP contribution in [0.25, 0.3) is 0 Å². The first-order valence-electron chi connectivity index (χ1n) is 5.75. The van der Waals surface area contributed by atoms with Gasteiger partial charge < -0.3 is 5.73 Å². The molecule has 0 radical (unpaired) electrons. The van der Waals surface area contributed by atoms with E-state index in [1.807, 2.05) is 6.92 Å². The lowest BCUT2D eigenvalue weighted by molar-refractivity contribution is 0.102. The van der Waals surface area contributed by atoms with E-state index in [0.29, 0.717) is 28.5 Å². The topological polar surface area (TPSA) is 60.9 Å². The average Bonchev–Trinajstić information content (AvgIpc) is 2.71. The van der Waals surface area contributed by atoms with Gasteiger partial charge in [-0.25, -0.2) is 0 Å². The summed E-state index contributed by atoms with van der Waals surface area (Å²) in [5, 5.41) is 4.49. The van der Waals surface area contributed by atoms with E-state index in [1.165, 1.54) is 6.20 Å². The Hall–Kier alpha value is -1.81. The molecule has 0 atom stereocenters. The quantitative estimate of drug-likeness (QED) is 0.682. The van der Waals surface area contributed by atoms with E-state index in [0.717, 1.165) is 6.42 Å². The smallest absolute Gasteiger partial charge is 0.212 e. The summed E-state index contributed by atoms with van der Waals surface area (Å²) in [7, 11) is 0. The summed E-state index contributed by atoms with van der Waals surface area (Å²) in [4.78, 5) is 12.3. The first kappa shape index (κ1) is 12.6. The fraction of sp³-hybridized carbons (Fsp3) is 0.231. The second kappa shape index (κ2) is 5.23. The van der Waals surface area contributed by atoms with Gasteiger partial charge >= 0.3 is 0 Å². The van der Waals surface area contributed by atoms with Gasteiger partial charge in [0.2, 0.25) is 5.78 Å². The summed E-state index contributed by atoms with van der Waals surface area (Å²) in [6, 6.07) is 6.78. The number of anilines is 1. The van der Waals surface area contributed by atoms with Crippen LogP contribution in [0.15, 0.2) is 30.5 Å². The van der Waals surface area contributed by atoms with Gasteiger partial charge in [0, 0.05) is 17.8 Å². The fourth-order valence-corrected chi connectivity index (χ4v) is 1.97. The number of ketones is 1. The van der Waals surface area contributed by atoms with E-state index in [9.17, 15) is 4.79 Å². The number of carbonyl (C=O) groups is 1. The van der Waals surface area contributed by atoms with Crippen molar-refractivity contribution in [2.45, 2.75) is 19.9 Å². The second-order valence-corrected chi connectivity index (χ2v) is 4.42. The third-order valence-electron chi connectivity index (χ3n) is 2.62. The Labute approximate surface area is 110 Å². The molecule has 5 heteroatoms. The molecule has 2 rings (SSSR count). The zero-order valence-electron chi connectivity index (χ0n) is 10.1. The van der Waals surface area contributed by atoms with E-state index in [-0.39, 0.29) is 5.78 Å². The summed E-state index contributed by atoms with van der Waals surface area (Å²) in [5.41, 5.74) is 7.22. The van der Waals surface area contributed by atoms with E-state index in [2.05, 4.69) is 5.10 Å². The molecule has 1 heterocycles. The maximum atomic E-state index is 12.3. The van der Waals surface area contributed by atoms with Gasteiger partial charge in [-0.05, 0) is 30.7 Å². The molecule has 0 saturated carbocycles. The highest BCUT2D eigenvalue weighted by molar-refractivity contribution is 6.34. The van der Waals surface area contributed by atoms with Crippen LogP contribution in [0.3, 0.4) is 0 Å². The number of aryl methyl sites for hydroxylation is 1. The maximum Gasteiger partial charge on any atom is 0.212 e. The average molecular weight is 264 g/mol. The number of hydrogen-bond acceptors (Lipinski definition) is 3. The molecule has 0 aliphatic carbocycles. The van der Waals surface area contributed by atoms with Crippen LogP contribution in [0.4, 0.5) is 5.69 Å². The molecule has 1 aromatic heterocycles. The van der Waals surface area contributed by atoms with Crippen LogP contribution in [0.2, 0.25) is 5.02 Å². The number of nitrogen functional groups attached to an aromatic ring is 1. The van der Waals surface area contributed by atoms with Gasteiger partial charge in [-0.2, -0.15) is 5.10 Å². The summed E-state index contributed by atoms with van der Waals surface area (Å²) >= 11 is 6.03. The number of benzene rings is 1. The molecule has 0 unspecified atom stereocenters. The van der Waals surface area contributed by atoms with Crippen LogP contribution < -0.4 is 5.73 Å². The van der Waals surface area contributed by atoms with Crippen LogP contribution in [-0.2, 0) is 6.54 Å². The summed E-state index contributed by atoms with van der Waals surface area (Å²) in [6.45, 7) is 2.69. The SMILES string of the molecule is CCCn1ncc(Cl)c1C(=O)c1ccc(N)cc1. The Morgan fingerprint density at radius 2 is 2.06 bits per heavy atom. The number of hydrogen-bond donors (Lipinski definition) is 1. The third-order valence-corrected chi connectivity index (χ3v) is 2.89. The van der Waals surface area contributed by atoms with Gasteiger partial charge in [-0.1, -0.05) is 18.5 Å². The number of rotatable bonds is 4. The molecule has 18 heavy (non-hydrogen) atoms. The highest BCUT2D eigenvalue weighted by Crippen LogP contribution is 2.20. The molecule has 0 aliphatic heterocycles. The van der Waals surface area contributed by atoms with Crippen molar-refractivity contribution in [2.75, 3.05) is 5.73 Å². The number of nitrogens with two attached hydrogens (primary N) is 1. The Balaban J connectivity index is 2.39. The molecule has 0 aliphatic rings. The van der Waals surface area contributed by atoms with Gasteiger partial charge in [0.1, 0.15) is 5.69 Å². The highest BCUT2D eigenvalue weighted by Gasteiger charge is 2.18. The van der Waals surface area contributed by atoms with Crippen LogP contribution in [0.5, 0.6) is 0 Å². The lowest BCUT2D eigenvalue weighted by Crippen LogP contribution is -2.12. The summed E-state index contributed by atoms with van der Waals surface area (Å²) in [6.07, 6.45) is 2.39. The van der Waals surface area contributed by atoms with Crippen molar-refractivity contribution in [2.24, 2.45) is 0 Å². The predicted molar refractivity (Wildman–Crippen MR) is 71.8 cm³/mol. The molecular formula is C13H14ClN3O. The van der Waals surface area contributed by atoms with Crippen molar-refractivity contribution >= 4 is 23.1 Å². The minimum absolute atomic E-state index is 0.133. The van der Waals surface area contributed by atoms with Crippen molar-refractivity contribution in [3.05, 3.63) is 46.7 Å². The van der Waals surface area contributed by atoms with Crippen molar-refractivity contribution in [1.29, 1.82) is 0 Å². The molecule has 94 valence electrons. The van der Waals surface area contributed by atoms with Crippen molar-refractivity contribution in [1.82, 2.24) is 9.78 Å². The molecule has 0 fully saturated rings. The molecule has 0 spiro atoms. The molecule has 0 amide bonds. The maximum absolute atomic E-state index is 12.3. The zero-order valence-corrected chi connectivity index (χ0v) is 10.8. The van der Waals surface area contributed by atoms with Crippen molar-refractivity contribution in [3.8, 4) is 0 Å². The Bertz CT molecular complexity index is 560. The predicted octanol–water partition coefficient (Wildman–Crippen LogP) is 2.76. The third kappa shape index (κ3) is 2.38. The summed E-state index contributed by atoms with van der Waals surface area (Å²) < 4.78 is 1.64. The molecule has 4 nitrogen and oxygen atoms in total. The molecule has 2 aromatic rings. The van der Waals surface area contributed by atoms with Crippen LogP contribution in [0, 0.1) is 0 Å². The van der Waals surface area contributed by atoms with Gasteiger partial charge in [-0.15, -0.1) is 0 Å². The minimum Gasteiger partial charge on any atom is -0.399 e. The number of aromatic nitrogens is 2. The van der Waals surface area contributed by atoms with Gasteiger partial charge in [0.15, 0.2) is 0 Å². The standard InChI is InChI=1S/C13H14ClN3O/c1-2-7-17-12(11(14)8-16-17)13(18)9-3-5-10(15)6-4-9/h3-6,8H,2,7,15H2,1H3. The summed E-state index contributed by atoms with van der Waals surface area (Å²) in [5.74, 6) is -0.133. The Morgan fingerprint density at radius 3 is 2.67 bits per heavy atom. The Kier molecular flexibility index (Phi) is 3.67. The van der Waals surface area contributed by atoms with E-state index >= 15 is 0 Å². The Morgan fingerprint density at radius 1 is 1.39 bits per heavy atom. The van der Waals surface area contributed by atoms with Gasteiger partial charge in [0.05, 0.1) is 11.2 Å². The van der Waals surface area contributed by atoms with Crippen molar-refractivity contribution < 1.29 is 4.79 Å². The molecular weight excluding hydrogens is 250 g/mol. The van der Waals surface area contributed by atoms with Crippen LogP contribution in [0.1, 0.15) is 29.4 Å². The highest BCUT2D eigenvalue weighted by atomic mass is 35.5. The van der Waals surface area contributed by atoms with Gasteiger partial charge in [0.25, 0.3) is 0 Å². The van der Waals surface area contributed by atoms with E-state index in [4.69, 9.17) is 17.3 Å². The van der Waals surface area contributed by atoms with Crippen molar-refractivity contribution in [3.63, 3.8) is 0 Å². The zero-order chi connectivity index (χ0) is 13.1. The first-order chi connectivity index (χ1) is 8.63. The van der Waals surface area contributed by atoms with Gasteiger partial charge in [-0.3, -0.25) is 9.48 Å². The fourth-order valence-electron chi connectivity index (χ4n) is 1.74. The first-order valence-corrected chi connectivity index (χ1v) is 6.12. The lowest BCUT2D eigenvalue weighted by Gasteiger charge is -2.06. The normalized spacial score (nSPS) is 10.6. The second-order valence-electron chi connectivity index (χ2n) is 4.02. The van der Waals surface area contributed by atoms with Crippen LogP contribution >= 0.6 is 11.6 Å². The molecule has 0 saturated heterocycles. The number of halogens is 1. The lowest BCUT2D eigenvalue weighted by atomic mass is 10.1. The number of nitrogens with zero attached hydrogens (tertiary/aromatic N) is 2. The minimum atomic E-state index is -0.133.